The molecular formula is C24H23ClIN3O4S. The Morgan fingerprint density at radius 2 is 1.71 bits per heavy atom. The molecule has 0 atom stereocenters. The van der Waals surface area contributed by atoms with Gasteiger partial charge in [0.25, 0.3) is 15.9 Å². The molecule has 3 rings (SSSR count). The molecule has 0 aliphatic heterocycles. The Morgan fingerprint density at radius 1 is 1.06 bits per heavy atom. The molecule has 34 heavy (non-hydrogen) atoms. The molecule has 0 unspecified atom stereocenters. The Bertz CT molecular complexity index is 1280. The van der Waals surface area contributed by atoms with Crippen LogP contribution in [0.4, 0.5) is 5.69 Å². The lowest BCUT2D eigenvalue weighted by atomic mass is 10.1. The summed E-state index contributed by atoms with van der Waals surface area (Å²) < 4.78 is 34.8. The third-order valence-corrected chi connectivity index (χ3v) is 7.48. The van der Waals surface area contributed by atoms with Crippen molar-refractivity contribution >= 4 is 61.5 Å². The van der Waals surface area contributed by atoms with Gasteiger partial charge in [0.2, 0.25) is 0 Å². The number of nitrogens with one attached hydrogen (secondary N) is 1. The highest BCUT2D eigenvalue weighted by atomic mass is 127. The number of amides is 1. The summed E-state index contributed by atoms with van der Waals surface area (Å²) >= 11 is 8.13. The molecule has 0 aliphatic carbocycles. The van der Waals surface area contributed by atoms with Gasteiger partial charge in [0.05, 0.1) is 22.9 Å². The lowest BCUT2D eigenvalue weighted by Gasteiger charge is -2.25. The lowest BCUT2D eigenvalue weighted by Crippen LogP contribution is -2.40. The van der Waals surface area contributed by atoms with Crippen LogP contribution in [0.2, 0.25) is 5.02 Å². The molecule has 0 aromatic heterocycles. The Labute approximate surface area is 218 Å². The number of carbonyl (C=O) groups excluding carboxylic acids is 1. The first-order valence-corrected chi connectivity index (χ1v) is 13.2. The predicted molar refractivity (Wildman–Crippen MR) is 143 cm³/mol. The van der Waals surface area contributed by atoms with E-state index in [4.69, 9.17) is 16.3 Å². The van der Waals surface area contributed by atoms with E-state index in [0.717, 1.165) is 13.4 Å². The Kier molecular flexibility index (Phi) is 8.92. The molecule has 0 fully saturated rings. The van der Waals surface area contributed by atoms with Crippen molar-refractivity contribution in [1.29, 1.82) is 0 Å². The van der Waals surface area contributed by atoms with Gasteiger partial charge >= 0.3 is 0 Å². The lowest BCUT2D eigenvalue weighted by molar-refractivity contribution is -0.119. The fraction of sp³-hybridized carbons (Fsp3) is 0.167. The maximum Gasteiger partial charge on any atom is 0.264 e. The quantitative estimate of drug-likeness (QED) is 0.208. The third-order valence-electron chi connectivity index (χ3n) is 4.73. The van der Waals surface area contributed by atoms with Crippen molar-refractivity contribution in [1.82, 2.24) is 5.43 Å². The summed E-state index contributed by atoms with van der Waals surface area (Å²) in [5, 5.41) is 4.54. The topological polar surface area (TPSA) is 88.1 Å². The third kappa shape index (κ3) is 6.49. The minimum absolute atomic E-state index is 0.00503. The average Bonchev–Trinajstić information content (AvgIpc) is 2.82. The molecule has 0 saturated carbocycles. The van der Waals surface area contributed by atoms with Gasteiger partial charge in [-0.3, -0.25) is 9.10 Å². The van der Waals surface area contributed by atoms with E-state index in [1.165, 1.54) is 24.3 Å². The summed E-state index contributed by atoms with van der Waals surface area (Å²) in [7, 11) is -4.12. The zero-order valence-corrected chi connectivity index (χ0v) is 22.3. The van der Waals surface area contributed by atoms with Gasteiger partial charge < -0.3 is 4.74 Å². The number of hydrazone groups is 1. The maximum atomic E-state index is 13.5. The monoisotopic (exact) mass is 611 g/mol. The van der Waals surface area contributed by atoms with Gasteiger partial charge in [0, 0.05) is 8.59 Å². The number of para-hydroxylation sites is 2. The van der Waals surface area contributed by atoms with Gasteiger partial charge in [-0.05, 0) is 90.5 Å². The Morgan fingerprint density at radius 3 is 2.35 bits per heavy atom. The fourth-order valence-electron chi connectivity index (χ4n) is 3.04. The number of benzene rings is 3. The molecule has 3 aromatic rings. The van der Waals surface area contributed by atoms with Crippen molar-refractivity contribution in [3.8, 4) is 5.75 Å². The number of sulfonamides is 1. The molecule has 10 heteroatoms. The van der Waals surface area contributed by atoms with Crippen molar-refractivity contribution < 1.29 is 17.9 Å². The molecule has 1 N–H and O–H groups in total. The van der Waals surface area contributed by atoms with Gasteiger partial charge in [-0.1, -0.05) is 35.9 Å². The van der Waals surface area contributed by atoms with Crippen LogP contribution in [0.3, 0.4) is 0 Å². The summed E-state index contributed by atoms with van der Waals surface area (Å²) in [6.45, 7) is 3.38. The van der Waals surface area contributed by atoms with Crippen LogP contribution < -0.4 is 14.5 Å². The molecule has 0 aliphatic rings. The highest BCUT2D eigenvalue weighted by molar-refractivity contribution is 14.1. The van der Waals surface area contributed by atoms with Gasteiger partial charge in [0.1, 0.15) is 12.3 Å². The minimum Gasteiger partial charge on any atom is -0.492 e. The normalized spacial score (nSPS) is 11.7. The first-order valence-electron chi connectivity index (χ1n) is 10.3. The second-order valence-corrected chi connectivity index (χ2v) is 10.6. The van der Waals surface area contributed by atoms with Crippen molar-refractivity contribution in [3.05, 3.63) is 87.0 Å². The van der Waals surface area contributed by atoms with Crippen LogP contribution in [-0.2, 0) is 14.8 Å². The molecular weight excluding hydrogens is 589 g/mol. The molecule has 178 valence electrons. The van der Waals surface area contributed by atoms with Crippen molar-refractivity contribution in [2.24, 2.45) is 5.10 Å². The van der Waals surface area contributed by atoms with E-state index in [0.29, 0.717) is 23.1 Å². The second kappa shape index (κ2) is 11.7. The highest BCUT2D eigenvalue weighted by Gasteiger charge is 2.29. The van der Waals surface area contributed by atoms with E-state index in [-0.39, 0.29) is 10.6 Å². The van der Waals surface area contributed by atoms with Crippen LogP contribution in [-0.4, -0.2) is 33.2 Å². The zero-order chi connectivity index (χ0) is 24.7. The number of nitrogens with zero attached hydrogens (tertiary/aromatic N) is 2. The first kappa shape index (κ1) is 26.0. The van der Waals surface area contributed by atoms with Crippen LogP contribution in [0.15, 0.2) is 82.8 Å². The highest BCUT2D eigenvalue weighted by Crippen LogP contribution is 2.32. The number of halogens is 2. The second-order valence-electron chi connectivity index (χ2n) is 7.11. The molecule has 0 radical (unpaired) electrons. The van der Waals surface area contributed by atoms with Crippen LogP contribution in [0, 0.1) is 3.57 Å². The summed E-state index contributed by atoms with van der Waals surface area (Å²) in [4.78, 5) is 12.8. The average molecular weight is 612 g/mol. The number of rotatable bonds is 9. The molecule has 0 heterocycles. The summed E-state index contributed by atoms with van der Waals surface area (Å²) in [6, 6.07) is 20.1. The summed E-state index contributed by atoms with van der Waals surface area (Å²) in [5.74, 6) is -0.261. The Balaban J connectivity index is 1.92. The van der Waals surface area contributed by atoms with Crippen LogP contribution >= 0.6 is 34.2 Å². The summed E-state index contributed by atoms with van der Waals surface area (Å²) in [5.41, 5.74) is 4.13. The molecule has 0 spiro atoms. The maximum absolute atomic E-state index is 13.5. The molecule has 0 bridgehead atoms. The van der Waals surface area contributed by atoms with E-state index >= 15 is 0 Å². The number of hydrogen-bond acceptors (Lipinski definition) is 5. The number of carbonyl (C=O) groups is 1. The number of anilines is 1. The standard InChI is InChI=1S/C24H23ClIN3O4S/c1-3-33-23-7-5-4-6-22(23)29(34(31,32)21-14-10-19(25)11-15-21)16-24(30)28-27-17(2)18-8-12-20(26)13-9-18/h4-15H,3,16H2,1-2H3,(H,28,30)/b27-17-. The van der Waals surface area contributed by atoms with Gasteiger partial charge in [-0.15, -0.1) is 0 Å². The largest absolute Gasteiger partial charge is 0.492 e. The van der Waals surface area contributed by atoms with Crippen LogP contribution in [0.5, 0.6) is 5.75 Å². The van der Waals surface area contributed by atoms with Crippen molar-refractivity contribution in [2.75, 3.05) is 17.5 Å². The molecule has 1 amide bonds. The SMILES string of the molecule is CCOc1ccccc1N(CC(=O)N/N=C(/C)c1ccc(I)cc1)S(=O)(=O)c1ccc(Cl)cc1. The van der Waals surface area contributed by atoms with E-state index in [2.05, 4.69) is 33.1 Å². The molecule has 0 saturated heterocycles. The first-order chi connectivity index (χ1) is 16.2. The zero-order valence-electron chi connectivity index (χ0n) is 18.5. The number of hydrogen-bond donors (Lipinski definition) is 1. The summed E-state index contributed by atoms with van der Waals surface area (Å²) in [6.07, 6.45) is 0. The van der Waals surface area contributed by atoms with Crippen molar-refractivity contribution in [2.45, 2.75) is 18.7 Å². The fourth-order valence-corrected chi connectivity index (χ4v) is 4.96. The number of ether oxygens (including phenoxy) is 1. The van der Waals surface area contributed by atoms with Gasteiger partial charge in [-0.25, -0.2) is 13.8 Å². The van der Waals surface area contributed by atoms with Gasteiger partial charge in [-0.2, -0.15) is 5.10 Å². The van der Waals surface area contributed by atoms with E-state index in [1.807, 2.05) is 24.3 Å². The van der Waals surface area contributed by atoms with Crippen LogP contribution in [0.1, 0.15) is 19.4 Å². The smallest absolute Gasteiger partial charge is 0.264 e. The van der Waals surface area contributed by atoms with Gasteiger partial charge in [0.15, 0.2) is 0 Å². The van der Waals surface area contributed by atoms with E-state index < -0.39 is 22.5 Å². The van der Waals surface area contributed by atoms with E-state index in [1.54, 1.807) is 38.1 Å². The molecule has 3 aromatic carbocycles. The molecule has 7 nitrogen and oxygen atoms in total. The Hall–Kier alpha value is -2.63. The predicted octanol–water partition coefficient (Wildman–Crippen LogP) is 5.08. The van der Waals surface area contributed by atoms with Crippen LogP contribution in [0.25, 0.3) is 0 Å². The van der Waals surface area contributed by atoms with Crippen molar-refractivity contribution in [3.63, 3.8) is 0 Å². The van der Waals surface area contributed by atoms with E-state index in [9.17, 15) is 13.2 Å². The minimum atomic E-state index is -4.12.